The Morgan fingerprint density at radius 1 is 1.73 bits per heavy atom. The number of primary amides is 1. The summed E-state index contributed by atoms with van der Waals surface area (Å²) in [5.74, 6) is -0.265. The summed E-state index contributed by atoms with van der Waals surface area (Å²) in [5.41, 5.74) is 5.11. The minimum absolute atomic E-state index is 0.128. The molecule has 1 rings (SSSR count). The zero-order valence-electron chi connectivity index (χ0n) is 8.84. The second kappa shape index (κ2) is 5.63. The number of rotatable bonds is 5. The number of carbonyl (C=O) groups excluding carboxylic acids is 1. The third-order valence-corrected chi connectivity index (χ3v) is 4.18. The molecule has 0 spiro atoms. The Labute approximate surface area is 102 Å². The largest absolute Gasteiger partial charge is 0.370 e. The molecule has 84 valence electrons. The molecule has 1 unspecified atom stereocenters. The molecule has 0 saturated heterocycles. The molecule has 1 heterocycles. The maximum atomic E-state index is 10.7. The SMILES string of the molecule is Cc1sc(CNC(C)CC(N)=O)cc1Br. The van der Waals surface area contributed by atoms with Crippen molar-refractivity contribution in [3.8, 4) is 0 Å². The van der Waals surface area contributed by atoms with Crippen molar-refractivity contribution in [3.63, 3.8) is 0 Å². The van der Waals surface area contributed by atoms with Gasteiger partial charge in [-0.15, -0.1) is 11.3 Å². The number of nitrogens with two attached hydrogens (primary N) is 1. The van der Waals surface area contributed by atoms with Crippen LogP contribution < -0.4 is 11.1 Å². The summed E-state index contributed by atoms with van der Waals surface area (Å²) >= 11 is 5.22. The average molecular weight is 291 g/mol. The second-order valence-electron chi connectivity index (χ2n) is 3.57. The Balaban J connectivity index is 2.40. The van der Waals surface area contributed by atoms with Crippen molar-refractivity contribution in [3.05, 3.63) is 20.3 Å². The van der Waals surface area contributed by atoms with Crippen LogP contribution >= 0.6 is 27.3 Å². The average Bonchev–Trinajstić information content (AvgIpc) is 2.42. The highest BCUT2D eigenvalue weighted by molar-refractivity contribution is 9.10. The predicted molar refractivity (Wildman–Crippen MR) is 66.9 cm³/mol. The van der Waals surface area contributed by atoms with Gasteiger partial charge in [0.15, 0.2) is 0 Å². The van der Waals surface area contributed by atoms with Crippen LogP contribution in [-0.2, 0) is 11.3 Å². The zero-order valence-corrected chi connectivity index (χ0v) is 11.2. The third kappa shape index (κ3) is 4.32. The van der Waals surface area contributed by atoms with Gasteiger partial charge in [0.25, 0.3) is 0 Å². The first kappa shape index (κ1) is 12.7. The molecule has 1 atom stereocenters. The lowest BCUT2D eigenvalue weighted by molar-refractivity contribution is -0.118. The molecule has 5 heteroatoms. The Bertz CT molecular complexity index is 332. The van der Waals surface area contributed by atoms with Gasteiger partial charge in [0.2, 0.25) is 5.91 Å². The van der Waals surface area contributed by atoms with Crippen LogP contribution in [0.3, 0.4) is 0 Å². The zero-order chi connectivity index (χ0) is 11.4. The molecule has 1 amide bonds. The summed E-state index contributed by atoms with van der Waals surface area (Å²) < 4.78 is 1.15. The van der Waals surface area contributed by atoms with E-state index in [0.29, 0.717) is 6.42 Å². The molecule has 1 aromatic rings. The molecule has 0 saturated carbocycles. The van der Waals surface area contributed by atoms with Crippen LogP contribution in [0.15, 0.2) is 10.5 Å². The van der Waals surface area contributed by atoms with Crippen LogP contribution in [-0.4, -0.2) is 11.9 Å². The van der Waals surface area contributed by atoms with E-state index < -0.39 is 0 Å². The van der Waals surface area contributed by atoms with Crippen molar-refractivity contribution in [2.75, 3.05) is 0 Å². The molecule has 0 fully saturated rings. The highest BCUT2D eigenvalue weighted by Crippen LogP contribution is 2.26. The summed E-state index contributed by atoms with van der Waals surface area (Å²) in [7, 11) is 0. The van der Waals surface area contributed by atoms with Gasteiger partial charge in [-0.05, 0) is 35.8 Å². The standard InChI is InChI=1S/C10H15BrN2OS/c1-6(3-10(12)14)13-5-8-4-9(11)7(2)15-8/h4,6,13H,3,5H2,1-2H3,(H2,12,14). The van der Waals surface area contributed by atoms with E-state index >= 15 is 0 Å². The summed E-state index contributed by atoms with van der Waals surface area (Å²) in [6.07, 6.45) is 0.380. The van der Waals surface area contributed by atoms with Crippen LogP contribution in [0.2, 0.25) is 0 Å². The van der Waals surface area contributed by atoms with Crippen LogP contribution in [0.5, 0.6) is 0 Å². The molecule has 0 aromatic carbocycles. The lowest BCUT2D eigenvalue weighted by Crippen LogP contribution is -2.30. The number of amides is 1. The topological polar surface area (TPSA) is 55.1 Å². The van der Waals surface area contributed by atoms with E-state index in [0.717, 1.165) is 11.0 Å². The molecule has 0 bridgehead atoms. The smallest absolute Gasteiger partial charge is 0.218 e. The van der Waals surface area contributed by atoms with Gasteiger partial charge in [0.1, 0.15) is 0 Å². The van der Waals surface area contributed by atoms with Crippen LogP contribution in [0.1, 0.15) is 23.1 Å². The summed E-state index contributed by atoms with van der Waals surface area (Å²) in [4.78, 5) is 13.2. The number of carbonyl (C=O) groups is 1. The lowest BCUT2D eigenvalue weighted by Gasteiger charge is -2.10. The number of hydrogen-bond donors (Lipinski definition) is 2. The maximum absolute atomic E-state index is 10.7. The molecule has 3 nitrogen and oxygen atoms in total. The molecular formula is C10H15BrN2OS. The van der Waals surface area contributed by atoms with Crippen LogP contribution in [0.4, 0.5) is 0 Å². The highest BCUT2D eigenvalue weighted by Gasteiger charge is 2.07. The van der Waals surface area contributed by atoms with E-state index in [1.807, 2.05) is 6.92 Å². The van der Waals surface area contributed by atoms with E-state index in [2.05, 4.69) is 34.2 Å². The fourth-order valence-corrected chi connectivity index (χ4v) is 2.81. The molecule has 0 aliphatic rings. The van der Waals surface area contributed by atoms with E-state index in [9.17, 15) is 4.79 Å². The number of hydrogen-bond acceptors (Lipinski definition) is 3. The summed E-state index contributed by atoms with van der Waals surface area (Å²) in [5, 5.41) is 3.26. The first-order chi connectivity index (χ1) is 6.99. The van der Waals surface area contributed by atoms with Crippen LogP contribution in [0.25, 0.3) is 0 Å². The molecule has 1 aromatic heterocycles. The molecular weight excluding hydrogens is 276 g/mol. The first-order valence-electron chi connectivity index (χ1n) is 4.75. The number of nitrogens with one attached hydrogen (secondary N) is 1. The van der Waals surface area contributed by atoms with Crippen molar-refractivity contribution in [2.45, 2.75) is 32.9 Å². The van der Waals surface area contributed by atoms with Gasteiger partial charge in [-0.1, -0.05) is 0 Å². The minimum atomic E-state index is -0.265. The third-order valence-electron chi connectivity index (χ3n) is 2.04. The molecule has 0 aliphatic carbocycles. The Morgan fingerprint density at radius 3 is 2.87 bits per heavy atom. The number of thiophene rings is 1. The van der Waals surface area contributed by atoms with Gasteiger partial charge >= 0.3 is 0 Å². The first-order valence-corrected chi connectivity index (χ1v) is 6.36. The van der Waals surface area contributed by atoms with Crippen molar-refractivity contribution in [1.82, 2.24) is 5.32 Å². The van der Waals surface area contributed by atoms with Crippen molar-refractivity contribution in [1.29, 1.82) is 0 Å². The minimum Gasteiger partial charge on any atom is -0.370 e. The van der Waals surface area contributed by atoms with Crippen molar-refractivity contribution in [2.24, 2.45) is 5.73 Å². The van der Waals surface area contributed by atoms with Gasteiger partial charge in [-0.3, -0.25) is 4.79 Å². The molecule has 0 radical (unpaired) electrons. The monoisotopic (exact) mass is 290 g/mol. The number of halogens is 1. The van der Waals surface area contributed by atoms with E-state index in [4.69, 9.17) is 5.73 Å². The van der Waals surface area contributed by atoms with Gasteiger partial charge < -0.3 is 11.1 Å². The molecule has 0 aliphatic heterocycles. The fraction of sp³-hybridized carbons (Fsp3) is 0.500. The van der Waals surface area contributed by atoms with Gasteiger partial charge in [-0.25, -0.2) is 0 Å². The summed E-state index contributed by atoms with van der Waals surface area (Å²) in [6.45, 7) is 4.82. The van der Waals surface area contributed by atoms with E-state index in [1.165, 1.54) is 9.75 Å². The normalized spacial score (nSPS) is 12.7. The van der Waals surface area contributed by atoms with Crippen molar-refractivity contribution >= 4 is 33.2 Å². The van der Waals surface area contributed by atoms with Crippen LogP contribution in [0, 0.1) is 6.92 Å². The Hall–Kier alpha value is -0.390. The molecule has 15 heavy (non-hydrogen) atoms. The predicted octanol–water partition coefficient (Wildman–Crippen LogP) is 2.17. The van der Waals surface area contributed by atoms with Gasteiger partial charge in [-0.2, -0.15) is 0 Å². The lowest BCUT2D eigenvalue weighted by atomic mass is 10.2. The van der Waals surface area contributed by atoms with E-state index in [1.54, 1.807) is 11.3 Å². The van der Waals surface area contributed by atoms with Crippen molar-refractivity contribution < 1.29 is 4.79 Å². The fourth-order valence-electron chi connectivity index (χ4n) is 1.25. The Kier molecular flexibility index (Phi) is 4.76. The number of aryl methyl sites for hydroxylation is 1. The second-order valence-corrected chi connectivity index (χ2v) is 5.76. The van der Waals surface area contributed by atoms with Gasteiger partial charge in [0, 0.05) is 33.2 Å². The Morgan fingerprint density at radius 2 is 2.40 bits per heavy atom. The van der Waals surface area contributed by atoms with E-state index in [-0.39, 0.29) is 11.9 Å². The highest BCUT2D eigenvalue weighted by atomic mass is 79.9. The maximum Gasteiger partial charge on any atom is 0.218 e. The van der Waals surface area contributed by atoms with Gasteiger partial charge in [0.05, 0.1) is 0 Å². The quantitative estimate of drug-likeness (QED) is 0.873. The summed E-state index contributed by atoms with van der Waals surface area (Å²) in [6, 6.07) is 2.23. The molecule has 3 N–H and O–H groups in total.